The van der Waals surface area contributed by atoms with E-state index in [9.17, 15) is 23.3 Å². The summed E-state index contributed by atoms with van der Waals surface area (Å²) in [6.07, 6.45) is 0. The van der Waals surface area contributed by atoms with E-state index in [1.54, 1.807) is 6.07 Å². The second-order valence-electron chi connectivity index (χ2n) is 7.23. The Hall–Kier alpha value is -3.74. The average molecular weight is 498 g/mol. The van der Waals surface area contributed by atoms with Gasteiger partial charge in [0.1, 0.15) is 10.7 Å². The van der Waals surface area contributed by atoms with Crippen molar-refractivity contribution in [2.75, 3.05) is 6.54 Å². The number of nitrogens with zero attached hydrogens (tertiary/aromatic N) is 4. The number of nitro groups is 1. The van der Waals surface area contributed by atoms with Gasteiger partial charge in [-0.25, -0.2) is 22.8 Å². The van der Waals surface area contributed by atoms with Crippen molar-refractivity contribution in [3.05, 3.63) is 92.9 Å². The average Bonchev–Trinajstić information content (AvgIpc) is 3.22. The Bertz CT molecular complexity index is 1500. The Labute approximate surface area is 198 Å². The van der Waals surface area contributed by atoms with Gasteiger partial charge >= 0.3 is 0 Å². The van der Waals surface area contributed by atoms with Crippen molar-refractivity contribution in [2.45, 2.75) is 18.4 Å². The molecule has 0 fully saturated rings. The summed E-state index contributed by atoms with van der Waals surface area (Å²) in [4.78, 5) is 27.7. The van der Waals surface area contributed by atoms with E-state index in [0.717, 1.165) is 45.4 Å². The number of nitrogens with one attached hydrogen (secondary N) is 1. The smallest absolute Gasteiger partial charge is 0.268 e. The molecule has 0 bridgehead atoms. The number of aromatic nitrogens is 3. The summed E-state index contributed by atoms with van der Waals surface area (Å²) >= 11 is 1.46. The highest BCUT2D eigenvalue weighted by atomic mass is 32.2. The van der Waals surface area contributed by atoms with Gasteiger partial charge in [0.05, 0.1) is 26.9 Å². The van der Waals surface area contributed by atoms with Gasteiger partial charge in [-0.1, -0.05) is 30.3 Å². The highest BCUT2D eigenvalue weighted by molar-refractivity contribution is 7.89. The van der Waals surface area contributed by atoms with Gasteiger partial charge in [-0.3, -0.25) is 14.9 Å². The fourth-order valence-corrected chi connectivity index (χ4v) is 5.24. The van der Waals surface area contributed by atoms with E-state index in [2.05, 4.69) is 14.8 Å². The molecule has 4 aromatic rings. The molecule has 34 heavy (non-hydrogen) atoms. The standard InChI is InChI=1S/C22H19N5O5S2/c1-15-21(33-22(24-15)16-5-3-2-4-6-16)19-11-12-20(28)26(25-19)14-13-23-34(31,32)18-9-7-17(8-10-18)27(29)30/h2-12,23H,13-14H2,1H3. The minimum absolute atomic E-state index is 0.00226. The van der Waals surface area contributed by atoms with Gasteiger partial charge in [-0.2, -0.15) is 5.10 Å². The van der Waals surface area contributed by atoms with Gasteiger partial charge in [-0.05, 0) is 25.1 Å². The molecule has 0 atom stereocenters. The quantitative estimate of drug-likeness (QED) is 0.291. The van der Waals surface area contributed by atoms with Crippen LogP contribution in [0.1, 0.15) is 5.69 Å². The maximum Gasteiger partial charge on any atom is 0.269 e. The van der Waals surface area contributed by atoms with Gasteiger partial charge in [0.2, 0.25) is 10.0 Å². The zero-order valence-electron chi connectivity index (χ0n) is 17.9. The van der Waals surface area contributed by atoms with Gasteiger partial charge in [-0.15, -0.1) is 11.3 Å². The van der Waals surface area contributed by atoms with E-state index < -0.39 is 14.9 Å². The van der Waals surface area contributed by atoms with Gasteiger partial charge in [0.15, 0.2) is 0 Å². The lowest BCUT2D eigenvalue weighted by atomic mass is 10.2. The van der Waals surface area contributed by atoms with Gasteiger partial charge < -0.3 is 0 Å². The van der Waals surface area contributed by atoms with Crippen LogP contribution < -0.4 is 10.3 Å². The molecule has 174 valence electrons. The minimum Gasteiger partial charge on any atom is -0.268 e. The molecule has 2 heterocycles. The van der Waals surface area contributed by atoms with Crippen LogP contribution in [0.25, 0.3) is 21.1 Å². The minimum atomic E-state index is -3.91. The number of sulfonamides is 1. The summed E-state index contributed by atoms with van der Waals surface area (Å²) in [6, 6.07) is 17.3. The number of hydrogen-bond acceptors (Lipinski definition) is 8. The summed E-state index contributed by atoms with van der Waals surface area (Å²) < 4.78 is 28.5. The molecule has 10 nitrogen and oxygen atoms in total. The van der Waals surface area contributed by atoms with Crippen molar-refractivity contribution in [3.63, 3.8) is 0 Å². The first-order valence-electron chi connectivity index (χ1n) is 10.1. The van der Waals surface area contributed by atoms with Crippen LogP contribution in [0.4, 0.5) is 5.69 Å². The highest BCUT2D eigenvalue weighted by Crippen LogP contribution is 2.33. The van der Waals surface area contributed by atoms with Crippen LogP contribution in [0.2, 0.25) is 0 Å². The lowest BCUT2D eigenvalue weighted by molar-refractivity contribution is -0.384. The summed E-state index contributed by atoms with van der Waals surface area (Å²) in [5.41, 5.74) is 1.75. The zero-order chi connectivity index (χ0) is 24.3. The maximum atomic E-state index is 12.5. The molecular formula is C22H19N5O5S2. The Balaban J connectivity index is 1.50. The number of hydrogen-bond donors (Lipinski definition) is 1. The summed E-state index contributed by atoms with van der Waals surface area (Å²) in [5.74, 6) is 0. The number of benzene rings is 2. The van der Waals surface area contributed by atoms with E-state index in [1.807, 2.05) is 37.3 Å². The molecule has 2 aromatic heterocycles. The van der Waals surface area contributed by atoms with E-state index in [1.165, 1.54) is 22.1 Å². The fourth-order valence-electron chi connectivity index (χ4n) is 3.18. The normalized spacial score (nSPS) is 11.4. The lowest BCUT2D eigenvalue weighted by Crippen LogP contribution is -2.32. The Morgan fingerprint density at radius 1 is 1.06 bits per heavy atom. The topological polar surface area (TPSA) is 137 Å². The molecule has 12 heteroatoms. The van der Waals surface area contributed by atoms with Crippen LogP contribution in [0, 0.1) is 17.0 Å². The number of thiazole rings is 1. The third-order valence-electron chi connectivity index (χ3n) is 4.89. The van der Waals surface area contributed by atoms with E-state index >= 15 is 0 Å². The van der Waals surface area contributed by atoms with Crippen LogP contribution in [-0.2, 0) is 16.6 Å². The number of non-ortho nitro benzene ring substituents is 1. The number of nitro benzene ring substituents is 1. The lowest BCUT2D eigenvalue weighted by Gasteiger charge is -2.09. The van der Waals surface area contributed by atoms with Crippen LogP contribution in [-0.4, -0.2) is 34.7 Å². The molecule has 4 rings (SSSR count). The predicted molar refractivity (Wildman–Crippen MR) is 128 cm³/mol. The summed E-state index contributed by atoms with van der Waals surface area (Å²) in [7, 11) is -3.91. The Morgan fingerprint density at radius 2 is 1.76 bits per heavy atom. The van der Waals surface area contributed by atoms with Crippen molar-refractivity contribution in [3.8, 4) is 21.1 Å². The zero-order valence-corrected chi connectivity index (χ0v) is 19.5. The SMILES string of the molecule is Cc1nc(-c2ccccc2)sc1-c1ccc(=O)n(CCNS(=O)(=O)c2ccc([N+](=O)[O-])cc2)n1. The maximum absolute atomic E-state index is 12.5. The van der Waals surface area contributed by atoms with E-state index in [-0.39, 0.29) is 29.2 Å². The van der Waals surface area contributed by atoms with E-state index in [4.69, 9.17) is 0 Å². The molecule has 0 aliphatic rings. The van der Waals surface area contributed by atoms with Crippen molar-refractivity contribution in [2.24, 2.45) is 0 Å². The third-order valence-corrected chi connectivity index (χ3v) is 7.60. The van der Waals surface area contributed by atoms with Crippen LogP contribution >= 0.6 is 11.3 Å². The van der Waals surface area contributed by atoms with Gasteiger partial charge in [0, 0.05) is 30.3 Å². The molecule has 0 saturated carbocycles. The number of rotatable bonds is 8. The molecule has 0 aliphatic carbocycles. The van der Waals surface area contributed by atoms with Crippen LogP contribution in [0.3, 0.4) is 0 Å². The second kappa shape index (κ2) is 9.63. The molecule has 0 saturated heterocycles. The van der Waals surface area contributed by atoms with Gasteiger partial charge in [0.25, 0.3) is 11.2 Å². The fraction of sp³-hybridized carbons (Fsp3) is 0.136. The first-order chi connectivity index (χ1) is 16.2. The van der Waals surface area contributed by atoms with Crippen molar-refractivity contribution >= 4 is 27.0 Å². The first-order valence-corrected chi connectivity index (χ1v) is 12.4. The summed E-state index contributed by atoms with van der Waals surface area (Å²) in [5, 5.41) is 16.0. The predicted octanol–water partition coefficient (Wildman–Crippen LogP) is 3.23. The Kier molecular flexibility index (Phi) is 6.63. The Morgan fingerprint density at radius 3 is 2.44 bits per heavy atom. The number of aryl methyl sites for hydroxylation is 1. The van der Waals surface area contributed by atoms with Crippen molar-refractivity contribution < 1.29 is 13.3 Å². The van der Waals surface area contributed by atoms with Crippen LogP contribution in [0.5, 0.6) is 0 Å². The van der Waals surface area contributed by atoms with Crippen molar-refractivity contribution in [1.29, 1.82) is 0 Å². The second-order valence-corrected chi connectivity index (χ2v) is 9.99. The van der Waals surface area contributed by atoms with Crippen LogP contribution in [0.15, 0.2) is 76.4 Å². The molecule has 0 unspecified atom stereocenters. The third kappa shape index (κ3) is 5.09. The summed E-state index contributed by atoms with van der Waals surface area (Å²) in [6.45, 7) is 1.78. The van der Waals surface area contributed by atoms with E-state index in [0.29, 0.717) is 5.69 Å². The molecule has 0 aliphatic heterocycles. The molecule has 0 spiro atoms. The molecule has 0 amide bonds. The largest absolute Gasteiger partial charge is 0.269 e. The molecule has 0 radical (unpaired) electrons. The molecule has 1 N–H and O–H groups in total. The first kappa shape index (κ1) is 23.4. The molecule has 2 aromatic carbocycles. The monoisotopic (exact) mass is 497 g/mol. The molecular weight excluding hydrogens is 478 g/mol. The van der Waals surface area contributed by atoms with Crippen molar-refractivity contribution in [1.82, 2.24) is 19.5 Å². The highest BCUT2D eigenvalue weighted by Gasteiger charge is 2.17.